The Morgan fingerprint density at radius 3 is 2.23 bits per heavy atom. The first-order valence-corrected chi connectivity index (χ1v) is 7.02. The zero-order valence-corrected chi connectivity index (χ0v) is 14.2. The lowest BCUT2D eigenvalue weighted by atomic mass is 10.2. The third kappa shape index (κ3) is 7.96. The summed E-state index contributed by atoms with van der Waals surface area (Å²) in [6, 6.07) is 10.5. The molecule has 0 radical (unpaired) electrons. The van der Waals surface area contributed by atoms with Crippen molar-refractivity contribution in [3.63, 3.8) is 0 Å². The van der Waals surface area contributed by atoms with Crippen LogP contribution in [-0.2, 0) is 16.1 Å². The third-order valence-corrected chi connectivity index (χ3v) is 3.49. The Labute approximate surface area is 144 Å². The summed E-state index contributed by atoms with van der Waals surface area (Å²) in [7, 11) is 0. The van der Waals surface area contributed by atoms with Crippen molar-refractivity contribution in [1.29, 1.82) is 0 Å². The monoisotopic (exact) mass is 350 g/mol. The van der Waals surface area contributed by atoms with Crippen molar-refractivity contribution in [3.8, 4) is 0 Å². The summed E-state index contributed by atoms with van der Waals surface area (Å²) in [6.07, 6.45) is 0. The van der Waals surface area contributed by atoms with Crippen molar-refractivity contribution in [1.82, 2.24) is 9.80 Å². The molecule has 2 rings (SSSR count). The fourth-order valence-corrected chi connectivity index (χ4v) is 2.37. The Balaban J connectivity index is 0.00000220. The number of halogens is 2. The number of ether oxygens (including phenoxy) is 1. The van der Waals surface area contributed by atoms with Gasteiger partial charge in [-0.2, -0.15) is 0 Å². The van der Waals surface area contributed by atoms with Crippen LogP contribution in [0.5, 0.6) is 0 Å². The van der Waals surface area contributed by atoms with Crippen LogP contribution < -0.4 is 0 Å². The molecule has 126 valence electrons. The Kier molecular flexibility index (Phi) is 11.2. The molecule has 1 N–H and O–H groups in total. The molecule has 1 saturated heterocycles. The molecule has 1 aromatic rings. The van der Waals surface area contributed by atoms with Gasteiger partial charge >= 0.3 is 5.97 Å². The van der Waals surface area contributed by atoms with Gasteiger partial charge in [-0.15, -0.1) is 24.8 Å². The fraction of sp³-hybridized carbons (Fsp3) is 0.533. The molecule has 0 aromatic heterocycles. The molecule has 1 aromatic carbocycles. The smallest absolute Gasteiger partial charge is 0.329 e. The number of rotatable bonds is 7. The number of hydrogen-bond acceptors (Lipinski definition) is 4. The second-order valence-electron chi connectivity index (χ2n) is 5.05. The average molecular weight is 351 g/mol. The van der Waals surface area contributed by atoms with Gasteiger partial charge in [-0.05, 0) is 5.56 Å². The van der Waals surface area contributed by atoms with E-state index < -0.39 is 5.97 Å². The van der Waals surface area contributed by atoms with E-state index in [1.165, 1.54) is 5.56 Å². The molecule has 0 amide bonds. The first kappa shape index (κ1) is 21.1. The maximum absolute atomic E-state index is 10.3. The van der Waals surface area contributed by atoms with Crippen molar-refractivity contribution in [3.05, 3.63) is 35.9 Å². The van der Waals surface area contributed by atoms with E-state index in [9.17, 15) is 4.79 Å². The highest BCUT2D eigenvalue weighted by molar-refractivity contribution is 5.85. The lowest BCUT2D eigenvalue weighted by molar-refractivity contribution is -0.142. The van der Waals surface area contributed by atoms with Crippen LogP contribution in [0.4, 0.5) is 0 Å². The summed E-state index contributed by atoms with van der Waals surface area (Å²) in [5, 5.41) is 8.48. The number of carboxylic acids is 1. The molecular weight excluding hydrogens is 327 g/mol. The Hall–Kier alpha value is -0.850. The van der Waals surface area contributed by atoms with Crippen molar-refractivity contribution in [2.45, 2.75) is 6.54 Å². The van der Waals surface area contributed by atoms with Crippen molar-refractivity contribution < 1.29 is 14.6 Å². The molecule has 1 aliphatic rings. The van der Waals surface area contributed by atoms with E-state index in [4.69, 9.17) is 9.84 Å². The summed E-state index contributed by atoms with van der Waals surface area (Å²) in [6.45, 7) is 6.24. The number of hydrogen-bond donors (Lipinski definition) is 1. The van der Waals surface area contributed by atoms with E-state index in [0.29, 0.717) is 6.61 Å². The molecule has 1 fully saturated rings. The predicted molar refractivity (Wildman–Crippen MR) is 91.1 cm³/mol. The zero-order chi connectivity index (χ0) is 14.2. The molecule has 1 heterocycles. The summed E-state index contributed by atoms with van der Waals surface area (Å²) < 4.78 is 5.07. The Morgan fingerprint density at radius 2 is 1.64 bits per heavy atom. The van der Waals surface area contributed by atoms with Crippen LogP contribution in [0.2, 0.25) is 0 Å². The molecule has 0 spiro atoms. The predicted octanol–water partition coefficient (Wildman–Crippen LogP) is 1.75. The van der Waals surface area contributed by atoms with Gasteiger partial charge in [-0.25, -0.2) is 4.79 Å². The van der Waals surface area contributed by atoms with E-state index in [0.717, 1.165) is 39.3 Å². The van der Waals surface area contributed by atoms with Gasteiger partial charge in [0.1, 0.15) is 6.61 Å². The molecule has 0 bridgehead atoms. The number of nitrogens with zero attached hydrogens (tertiary/aromatic N) is 2. The summed E-state index contributed by atoms with van der Waals surface area (Å²) >= 11 is 0. The van der Waals surface area contributed by atoms with Crippen LogP contribution in [0.25, 0.3) is 0 Å². The normalized spacial score (nSPS) is 15.6. The lowest BCUT2D eigenvalue weighted by Gasteiger charge is -2.34. The molecule has 22 heavy (non-hydrogen) atoms. The minimum absolute atomic E-state index is 0. The first-order chi connectivity index (χ1) is 9.74. The molecular formula is C15H24Cl2N2O3. The summed E-state index contributed by atoms with van der Waals surface area (Å²) in [4.78, 5) is 15.1. The maximum Gasteiger partial charge on any atom is 0.329 e. The molecule has 5 nitrogen and oxygen atoms in total. The largest absolute Gasteiger partial charge is 0.480 e. The van der Waals surface area contributed by atoms with Crippen molar-refractivity contribution in [2.24, 2.45) is 0 Å². The number of benzene rings is 1. The fourth-order valence-electron chi connectivity index (χ4n) is 2.37. The van der Waals surface area contributed by atoms with E-state index in [2.05, 4.69) is 34.1 Å². The van der Waals surface area contributed by atoms with Crippen molar-refractivity contribution in [2.75, 3.05) is 45.9 Å². The van der Waals surface area contributed by atoms with Gasteiger partial charge in [-0.3, -0.25) is 9.80 Å². The van der Waals surface area contributed by atoms with Gasteiger partial charge in [0.25, 0.3) is 0 Å². The molecule has 0 aliphatic carbocycles. The highest BCUT2D eigenvalue weighted by Gasteiger charge is 2.16. The highest BCUT2D eigenvalue weighted by atomic mass is 35.5. The van der Waals surface area contributed by atoms with E-state index in [1.807, 2.05) is 6.07 Å². The molecule has 7 heteroatoms. The second kappa shape index (κ2) is 11.7. The van der Waals surface area contributed by atoms with Crippen molar-refractivity contribution >= 4 is 30.8 Å². The molecule has 1 aliphatic heterocycles. The maximum atomic E-state index is 10.3. The Morgan fingerprint density at radius 1 is 1.05 bits per heavy atom. The highest BCUT2D eigenvalue weighted by Crippen LogP contribution is 2.08. The standard InChI is InChI=1S/C15H22N2O3.2ClH/c18-15(19)13-20-11-10-16-6-8-17(9-7-16)12-14-4-2-1-3-5-14;;/h1-5H,6-13H2,(H,18,19);2*1H. The van der Waals surface area contributed by atoms with Gasteiger partial charge in [0.15, 0.2) is 0 Å². The van der Waals surface area contributed by atoms with Crippen LogP contribution in [-0.4, -0.2) is 66.8 Å². The summed E-state index contributed by atoms with van der Waals surface area (Å²) in [5.41, 5.74) is 1.35. The van der Waals surface area contributed by atoms with Crippen LogP contribution in [0, 0.1) is 0 Å². The minimum atomic E-state index is -0.905. The average Bonchev–Trinajstić information content (AvgIpc) is 2.46. The SMILES string of the molecule is Cl.Cl.O=C(O)COCCN1CCN(Cc2ccccc2)CC1. The molecule has 0 atom stereocenters. The van der Waals surface area contributed by atoms with Crippen LogP contribution in [0.1, 0.15) is 5.56 Å². The van der Waals surface area contributed by atoms with Crippen LogP contribution >= 0.6 is 24.8 Å². The van der Waals surface area contributed by atoms with Gasteiger partial charge < -0.3 is 9.84 Å². The van der Waals surface area contributed by atoms with E-state index in [-0.39, 0.29) is 31.4 Å². The number of carbonyl (C=O) groups is 1. The van der Waals surface area contributed by atoms with E-state index in [1.54, 1.807) is 0 Å². The van der Waals surface area contributed by atoms with Gasteiger partial charge in [0, 0.05) is 39.3 Å². The summed E-state index contributed by atoms with van der Waals surface area (Å²) in [5.74, 6) is -0.905. The topological polar surface area (TPSA) is 53.0 Å². The van der Waals surface area contributed by atoms with Crippen LogP contribution in [0.15, 0.2) is 30.3 Å². The second-order valence-corrected chi connectivity index (χ2v) is 5.05. The number of piperazine rings is 1. The minimum Gasteiger partial charge on any atom is -0.480 e. The third-order valence-electron chi connectivity index (χ3n) is 3.49. The van der Waals surface area contributed by atoms with E-state index >= 15 is 0 Å². The van der Waals surface area contributed by atoms with Crippen LogP contribution in [0.3, 0.4) is 0 Å². The lowest BCUT2D eigenvalue weighted by Crippen LogP contribution is -2.46. The molecule has 0 unspecified atom stereocenters. The van der Waals surface area contributed by atoms with Gasteiger partial charge in [-0.1, -0.05) is 30.3 Å². The van der Waals surface area contributed by atoms with Gasteiger partial charge in [0.2, 0.25) is 0 Å². The Bertz CT molecular complexity index is 413. The quantitative estimate of drug-likeness (QED) is 0.759. The zero-order valence-electron chi connectivity index (χ0n) is 12.5. The molecule has 0 saturated carbocycles. The van der Waals surface area contributed by atoms with Gasteiger partial charge in [0.05, 0.1) is 6.61 Å². The number of aliphatic carboxylic acids is 1. The number of carboxylic acid groups (broad SMARTS) is 1. The first-order valence-electron chi connectivity index (χ1n) is 7.02.